The van der Waals surface area contributed by atoms with Gasteiger partial charge < -0.3 is 10.6 Å². The van der Waals surface area contributed by atoms with Gasteiger partial charge in [0.15, 0.2) is 0 Å². The highest BCUT2D eigenvalue weighted by Gasteiger charge is 2.11. The van der Waals surface area contributed by atoms with Crippen molar-refractivity contribution in [3.05, 3.63) is 59.2 Å². The molecule has 1 aromatic carbocycles. The zero-order chi connectivity index (χ0) is 13.9. The first-order valence-corrected chi connectivity index (χ1v) is 6.47. The summed E-state index contributed by atoms with van der Waals surface area (Å²) in [6, 6.07) is 7.01. The average molecular weight is 271 g/mol. The molecule has 1 amide bonds. The smallest absolute Gasteiger partial charge is 0.257 e. The van der Waals surface area contributed by atoms with Gasteiger partial charge in [0, 0.05) is 18.4 Å². The van der Waals surface area contributed by atoms with E-state index in [1.165, 1.54) is 23.4 Å². The maximum Gasteiger partial charge on any atom is 0.257 e. The number of rotatable bonds is 2. The minimum atomic E-state index is -0.521. The van der Waals surface area contributed by atoms with Crippen molar-refractivity contribution in [2.75, 3.05) is 11.9 Å². The van der Waals surface area contributed by atoms with E-state index >= 15 is 0 Å². The van der Waals surface area contributed by atoms with E-state index in [2.05, 4.69) is 15.6 Å². The van der Waals surface area contributed by atoms with Gasteiger partial charge in [0.1, 0.15) is 5.82 Å². The summed E-state index contributed by atoms with van der Waals surface area (Å²) in [5.41, 5.74) is 3.41. The van der Waals surface area contributed by atoms with Crippen molar-refractivity contribution in [1.82, 2.24) is 10.3 Å². The van der Waals surface area contributed by atoms with Gasteiger partial charge in [-0.1, -0.05) is 6.07 Å². The van der Waals surface area contributed by atoms with Crippen LogP contribution < -0.4 is 10.6 Å². The molecule has 2 N–H and O–H groups in total. The number of benzene rings is 1. The third kappa shape index (κ3) is 2.67. The quantitative estimate of drug-likeness (QED) is 0.879. The Bertz CT molecular complexity index is 657. The third-order valence-corrected chi connectivity index (χ3v) is 3.32. The molecule has 0 radical (unpaired) electrons. The Hall–Kier alpha value is -2.27. The lowest BCUT2D eigenvalue weighted by molar-refractivity contribution is 0.102. The normalized spacial score (nSPS) is 13.7. The van der Waals surface area contributed by atoms with Crippen molar-refractivity contribution in [1.29, 1.82) is 0 Å². The van der Waals surface area contributed by atoms with Gasteiger partial charge in [0.05, 0.1) is 11.8 Å². The van der Waals surface area contributed by atoms with Crippen molar-refractivity contribution in [2.45, 2.75) is 13.0 Å². The van der Waals surface area contributed by atoms with Gasteiger partial charge in [-0.3, -0.25) is 9.78 Å². The van der Waals surface area contributed by atoms with Crippen LogP contribution >= 0.6 is 0 Å². The molecule has 0 aliphatic carbocycles. The van der Waals surface area contributed by atoms with Gasteiger partial charge in [0.2, 0.25) is 0 Å². The highest BCUT2D eigenvalue weighted by molar-refractivity contribution is 6.04. The van der Waals surface area contributed by atoms with Crippen LogP contribution in [0.1, 0.15) is 21.5 Å². The average Bonchev–Trinajstić information content (AvgIpc) is 2.47. The number of nitrogens with zero attached hydrogens (tertiary/aromatic N) is 1. The molecular weight excluding hydrogens is 257 g/mol. The molecule has 102 valence electrons. The van der Waals surface area contributed by atoms with Crippen LogP contribution in [0.2, 0.25) is 0 Å². The number of nitrogens with one attached hydrogen (secondary N) is 2. The number of carbonyl (C=O) groups is 1. The standard InChI is InChI=1S/C15H14FN3O/c16-13-5-12(8-18-9-13)15(20)19-14-2-1-10-3-4-17-7-11(10)6-14/h1-2,5-6,8-9,17H,3-4,7H2,(H,19,20). The Morgan fingerprint density at radius 3 is 3.00 bits per heavy atom. The second-order valence-corrected chi connectivity index (χ2v) is 4.76. The number of fused-ring (bicyclic) bond motifs is 1. The van der Waals surface area contributed by atoms with Crippen molar-refractivity contribution in [3.63, 3.8) is 0 Å². The molecule has 0 saturated heterocycles. The van der Waals surface area contributed by atoms with E-state index in [1.54, 1.807) is 0 Å². The van der Waals surface area contributed by atoms with Crippen molar-refractivity contribution >= 4 is 11.6 Å². The lowest BCUT2D eigenvalue weighted by Crippen LogP contribution is -2.23. The van der Waals surface area contributed by atoms with Gasteiger partial charge in [0.25, 0.3) is 5.91 Å². The summed E-state index contributed by atoms with van der Waals surface area (Å²) in [7, 11) is 0. The van der Waals surface area contributed by atoms with E-state index in [4.69, 9.17) is 0 Å². The van der Waals surface area contributed by atoms with Gasteiger partial charge in [-0.05, 0) is 42.3 Å². The van der Waals surface area contributed by atoms with Gasteiger partial charge in [-0.2, -0.15) is 0 Å². The van der Waals surface area contributed by atoms with Crippen LogP contribution in [0.25, 0.3) is 0 Å². The molecule has 4 nitrogen and oxygen atoms in total. The highest BCUT2D eigenvalue weighted by Crippen LogP contribution is 2.19. The molecule has 20 heavy (non-hydrogen) atoms. The molecule has 0 fully saturated rings. The predicted molar refractivity (Wildman–Crippen MR) is 74.0 cm³/mol. The van der Waals surface area contributed by atoms with Crippen LogP contribution in [0, 0.1) is 5.82 Å². The first kappa shape index (κ1) is 12.7. The van der Waals surface area contributed by atoms with Gasteiger partial charge in [-0.25, -0.2) is 4.39 Å². The number of pyridine rings is 1. The van der Waals surface area contributed by atoms with Crippen LogP contribution in [0.4, 0.5) is 10.1 Å². The minimum Gasteiger partial charge on any atom is -0.322 e. The van der Waals surface area contributed by atoms with E-state index in [9.17, 15) is 9.18 Å². The first-order chi connectivity index (χ1) is 9.72. The summed E-state index contributed by atoms with van der Waals surface area (Å²) in [6.45, 7) is 1.79. The van der Waals surface area contributed by atoms with Crippen LogP contribution in [-0.2, 0) is 13.0 Å². The molecule has 0 bridgehead atoms. The molecule has 0 atom stereocenters. The second-order valence-electron chi connectivity index (χ2n) is 4.76. The Balaban J connectivity index is 1.79. The Morgan fingerprint density at radius 1 is 1.25 bits per heavy atom. The van der Waals surface area contributed by atoms with Gasteiger partial charge >= 0.3 is 0 Å². The topological polar surface area (TPSA) is 54.0 Å². The SMILES string of the molecule is O=C(Nc1ccc2c(c1)CNCC2)c1cncc(F)c1. The molecule has 5 heteroatoms. The maximum absolute atomic E-state index is 13.0. The summed E-state index contributed by atoms with van der Waals surface area (Å²) < 4.78 is 13.0. The highest BCUT2D eigenvalue weighted by atomic mass is 19.1. The van der Waals surface area contributed by atoms with E-state index in [-0.39, 0.29) is 11.5 Å². The molecule has 0 unspecified atom stereocenters. The summed E-state index contributed by atoms with van der Waals surface area (Å²) in [6.07, 6.45) is 3.41. The first-order valence-electron chi connectivity index (χ1n) is 6.47. The summed E-state index contributed by atoms with van der Waals surface area (Å²) in [5.74, 6) is -0.881. The predicted octanol–water partition coefficient (Wildman–Crippen LogP) is 2.12. The number of anilines is 1. The zero-order valence-electron chi connectivity index (χ0n) is 10.8. The molecule has 0 saturated carbocycles. The number of hydrogen-bond donors (Lipinski definition) is 2. The maximum atomic E-state index is 13.0. The minimum absolute atomic E-state index is 0.209. The largest absolute Gasteiger partial charge is 0.322 e. The number of halogens is 1. The number of carbonyl (C=O) groups excluding carboxylic acids is 1. The molecule has 3 rings (SSSR count). The Labute approximate surface area is 116 Å². The fraction of sp³-hybridized carbons (Fsp3) is 0.200. The molecule has 1 aliphatic rings. The third-order valence-electron chi connectivity index (χ3n) is 3.32. The Kier molecular flexibility index (Phi) is 3.43. The number of aromatic nitrogens is 1. The van der Waals surface area contributed by atoms with Crippen molar-refractivity contribution in [2.24, 2.45) is 0 Å². The van der Waals surface area contributed by atoms with Crippen LogP contribution in [0.5, 0.6) is 0 Å². The molecule has 2 aromatic rings. The second kappa shape index (κ2) is 5.38. The fourth-order valence-electron chi connectivity index (χ4n) is 2.30. The molecule has 0 spiro atoms. The van der Waals surface area contributed by atoms with Crippen molar-refractivity contribution in [3.8, 4) is 0 Å². The lowest BCUT2D eigenvalue weighted by Gasteiger charge is -2.18. The lowest BCUT2D eigenvalue weighted by atomic mass is 10.0. The summed E-state index contributed by atoms with van der Waals surface area (Å²) in [5, 5.41) is 6.05. The van der Waals surface area contributed by atoms with E-state index in [1.807, 2.05) is 18.2 Å². The monoisotopic (exact) mass is 271 g/mol. The van der Waals surface area contributed by atoms with E-state index in [0.29, 0.717) is 5.69 Å². The van der Waals surface area contributed by atoms with Crippen LogP contribution in [-0.4, -0.2) is 17.4 Å². The molecule has 2 heterocycles. The van der Waals surface area contributed by atoms with Crippen LogP contribution in [0.15, 0.2) is 36.7 Å². The fourth-order valence-corrected chi connectivity index (χ4v) is 2.30. The summed E-state index contributed by atoms with van der Waals surface area (Å²) in [4.78, 5) is 15.7. The zero-order valence-corrected chi connectivity index (χ0v) is 10.8. The van der Waals surface area contributed by atoms with Gasteiger partial charge in [-0.15, -0.1) is 0 Å². The molecule has 1 aliphatic heterocycles. The molecular formula is C15H14FN3O. The number of amides is 1. The Morgan fingerprint density at radius 2 is 2.15 bits per heavy atom. The van der Waals surface area contributed by atoms with Crippen molar-refractivity contribution < 1.29 is 9.18 Å². The van der Waals surface area contributed by atoms with E-state index < -0.39 is 5.82 Å². The number of hydrogen-bond acceptors (Lipinski definition) is 3. The van der Waals surface area contributed by atoms with E-state index in [0.717, 1.165) is 25.7 Å². The van der Waals surface area contributed by atoms with Crippen LogP contribution in [0.3, 0.4) is 0 Å². The molecule has 1 aromatic heterocycles. The summed E-state index contributed by atoms with van der Waals surface area (Å²) >= 11 is 0.